The van der Waals surface area contributed by atoms with Gasteiger partial charge in [-0.2, -0.15) is 0 Å². The van der Waals surface area contributed by atoms with Crippen molar-refractivity contribution in [1.29, 1.82) is 0 Å². The van der Waals surface area contributed by atoms with Crippen LogP contribution in [0.5, 0.6) is 0 Å². The first kappa shape index (κ1) is 26.9. The minimum atomic E-state index is -0.177. The Bertz CT molecular complexity index is 1550. The summed E-state index contributed by atoms with van der Waals surface area (Å²) in [7, 11) is 0. The Hall–Kier alpha value is -3.68. The van der Waals surface area contributed by atoms with E-state index in [9.17, 15) is 4.79 Å². The summed E-state index contributed by atoms with van der Waals surface area (Å²) in [6.45, 7) is 10.1. The van der Waals surface area contributed by atoms with E-state index in [1.807, 2.05) is 50.2 Å². The lowest BCUT2D eigenvalue weighted by Gasteiger charge is -2.28. The Kier molecular flexibility index (Phi) is 7.47. The van der Waals surface area contributed by atoms with Crippen LogP contribution in [0.3, 0.4) is 0 Å². The second-order valence-corrected chi connectivity index (χ2v) is 11.1. The quantitative estimate of drug-likeness (QED) is 0.245. The first-order chi connectivity index (χ1) is 18.7. The highest BCUT2D eigenvalue weighted by molar-refractivity contribution is 7.80. The number of carbonyl (C=O) groups is 1. The minimum absolute atomic E-state index is 0.0836. The van der Waals surface area contributed by atoms with Crippen molar-refractivity contribution in [2.45, 2.75) is 46.7 Å². The molecule has 2 atom stereocenters. The predicted molar refractivity (Wildman–Crippen MR) is 163 cm³/mol. The molecule has 0 aliphatic carbocycles. The van der Waals surface area contributed by atoms with Gasteiger partial charge in [0, 0.05) is 34.9 Å². The third kappa shape index (κ3) is 5.16. The fourth-order valence-corrected chi connectivity index (χ4v) is 5.80. The molecule has 0 radical (unpaired) electrons. The van der Waals surface area contributed by atoms with Crippen LogP contribution in [-0.2, 0) is 4.79 Å². The number of benzene rings is 2. The normalized spacial score (nSPS) is 17.0. The van der Waals surface area contributed by atoms with Gasteiger partial charge in [-0.25, -0.2) is 0 Å². The van der Waals surface area contributed by atoms with Gasteiger partial charge in [0.15, 0.2) is 5.11 Å². The lowest BCUT2D eigenvalue weighted by Crippen LogP contribution is -2.29. The number of hydrogen-bond donors (Lipinski definition) is 2. The summed E-state index contributed by atoms with van der Waals surface area (Å²) in [4.78, 5) is 19.1. The van der Waals surface area contributed by atoms with Crippen LogP contribution in [0, 0.1) is 26.7 Å². The maximum absolute atomic E-state index is 12.3. The third-order valence-electron chi connectivity index (χ3n) is 7.16. The number of nitrogens with zero attached hydrogens (tertiary/aromatic N) is 3. The van der Waals surface area contributed by atoms with E-state index in [4.69, 9.17) is 23.8 Å². The highest BCUT2D eigenvalue weighted by atomic mass is 35.5. The molecule has 2 aromatic heterocycles. The number of halogens is 1. The van der Waals surface area contributed by atoms with Crippen LogP contribution in [-0.4, -0.2) is 20.6 Å². The van der Waals surface area contributed by atoms with Crippen LogP contribution in [0.15, 0.2) is 72.9 Å². The fourth-order valence-electron chi connectivity index (χ4n) is 5.23. The summed E-state index contributed by atoms with van der Waals surface area (Å²) in [5.41, 5.74) is 8.06. The van der Waals surface area contributed by atoms with Crippen LogP contribution in [0.1, 0.15) is 54.1 Å². The maximum Gasteiger partial charge on any atom is 0.226 e. The van der Waals surface area contributed by atoms with Gasteiger partial charge in [-0.05, 0) is 92.6 Å². The number of rotatable bonds is 6. The van der Waals surface area contributed by atoms with Gasteiger partial charge >= 0.3 is 0 Å². The molecule has 0 saturated carbocycles. The van der Waals surface area contributed by atoms with Gasteiger partial charge in [0.1, 0.15) is 0 Å². The molecule has 0 spiro atoms. The molecular formula is C31H32ClN5OS. The number of anilines is 2. The molecule has 8 heteroatoms. The van der Waals surface area contributed by atoms with Gasteiger partial charge in [-0.3, -0.25) is 9.78 Å². The van der Waals surface area contributed by atoms with Crippen molar-refractivity contribution in [3.05, 3.63) is 106 Å². The molecule has 1 aliphatic heterocycles. The van der Waals surface area contributed by atoms with Crippen LogP contribution in [0.25, 0.3) is 5.69 Å². The highest BCUT2D eigenvalue weighted by Gasteiger charge is 2.42. The Morgan fingerprint density at radius 2 is 1.82 bits per heavy atom. The Morgan fingerprint density at radius 3 is 2.49 bits per heavy atom. The minimum Gasteiger partial charge on any atom is -0.351 e. The van der Waals surface area contributed by atoms with Crippen molar-refractivity contribution < 1.29 is 4.79 Å². The summed E-state index contributed by atoms with van der Waals surface area (Å²) >= 11 is 12.6. The lowest BCUT2D eigenvalue weighted by atomic mass is 9.96. The molecule has 1 amide bonds. The zero-order chi connectivity index (χ0) is 27.8. The highest BCUT2D eigenvalue weighted by Crippen LogP contribution is 2.44. The first-order valence-corrected chi connectivity index (χ1v) is 13.8. The zero-order valence-electron chi connectivity index (χ0n) is 22.7. The molecular weight excluding hydrogens is 526 g/mol. The summed E-state index contributed by atoms with van der Waals surface area (Å²) in [6, 6.07) is 22.0. The number of nitrogens with one attached hydrogen (secondary N) is 2. The lowest BCUT2D eigenvalue weighted by molar-refractivity contribution is -0.118. The fraction of sp³-hybridized carbons (Fsp3) is 0.258. The van der Waals surface area contributed by atoms with Crippen molar-refractivity contribution in [3.63, 3.8) is 0 Å². The molecule has 0 bridgehead atoms. The SMILES string of the molecule is Cc1cccc(-n2c(C)cc([C@@H]3[C@H](c4ccccn4)NC(=S)N3c3ccc(NC(=O)C(C)C)c(Cl)c3)c2C)c1. The van der Waals surface area contributed by atoms with E-state index in [2.05, 4.69) is 76.2 Å². The van der Waals surface area contributed by atoms with Crippen molar-refractivity contribution in [2.75, 3.05) is 10.2 Å². The van der Waals surface area contributed by atoms with E-state index in [1.54, 1.807) is 6.20 Å². The molecule has 39 heavy (non-hydrogen) atoms. The molecule has 1 aliphatic rings. The number of carbonyl (C=O) groups excluding carboxylic acids is 1. The van der Waals surface area contributed by atoms with E-state index in [0.717, 1.165) is 34.0 Å². The van der Waals surface area contributed by atoms with Gasteiger partial charge < -0.3 is 20.1 Å². The largest absolute Gasteiger partial charge is 0.351 e. The standard InChI is InChI=1S/C31H32ClN5OS/c1-18(2)30(38)34-26-13-12-23(17-25(26)32)37-29(28(35-31(37)39)27-11-6-7-14-33-27)24-16-20(4)36(21(24)5)22-10-8-9-19(3)15-22/h6-18,28-29H,1-5H3,(H,34,38)(H,35,39)/t28-,29+/m0/s1. The van der Waals surface area contributed by atoms with Gasteiger partial charge in [0.2, 0.25) is 5.91 Å². The smallest absolute Gasteiger partial charge is 0.226 e. The molecule has 1 saturated heterocycles. The van der Waals surface area contributed by atoms with Crippen molar-refractivity contribution >= 4 is 46.2 Å². The van der Waals surface area contributed by atoms with E-state index < -0.39 is 0 Å². The van der Waals surface area contributed by atoms with Gasteiger partial charge in [0.05, 0.1) is 28.5 Å². The Labute approximate surface area is 240 Å². The van der Waals surface area contributed by atoms with E-state index in [-0.39, 0.29) is 23.9 Å². The van der Waals surface area contributed by atoms with Crippen LogP contribution in [0.4, 0.5) is 11.4 Å². The van der Waals surface area contributed by atoms with Crippen LogP contribution < -0.4 is 15.5 Å². The van der Waals surface area contributed by atoms with Crippen molar-refractivity contribution in [3.8, 4) is 5.69 Å². The summed E-state index contributed by atoms with van der Waals surface area (Å²) in [5, 5.41) is 7.48. The molecule has 4 aromatic rings. The Balaban J connectivity index is 1.62. The predicted octanol–water partition coefficient (Wildman–Crippen LogP) is 7.22. The number of amides is 1. The third-order valence-corrected chi connectivity index (χ3v) is 7.79. The van der Waals surface area contributed by atoms with Crippen molar-refractivity contribution in [1.82, 2.24) is 14.9 Å². The topological polar surface area (TPSA) is 62.2 Å². The molecule has 200 valence electrons. The maximum atomic E-state index is 12.3. The summed E-state index contributed by atoms with van der Waals surface area (Å²) < 4.78 is 2.29. The number of aryl methyl sites for hydroxylation is 2. The van der Waals surface area contributed by atoms with Crippen molar-refractivity contribution in [2.24, 2.45) is 5.92 Å². The first-order valence-electron chi connectivity index (χ1n) is 13.0. The monoisotopic (exact) mass is 557 g/mol. The molecule has 6 nitrogen and oxygen atoms in total. The van der Waals surface area contributed by atoms with Crippen LogP contribution in [0.2, 0.25) is 5.02 Å². The molecule has 2 N–H and O–H groups in total. The number of thiocarbonyl (C=S) groups is 1. The molecule has 5 rings (SSSR count). The second kappa shape index (κ2) is 10.8. The molecule has 3 heterocycles. The van der Waals surface area contributed by atoms with Gasteiger partial charge in [-0.15, -0.1) is 0 Å². The number of hydrogen-bond acceptors (Lipinski definition) is 3. The van der Waals surface area contributed by atoms with Gasteiger partial charge in [-0.1, -0.05) is 43.6 Å². The number of pyridine rings is 1. The van der Waals surface area contributed by atoms with Crippen LogP contribution >= 0.6 is 23.8 Å². The second-order valence-electron chi connectivity index (χ2n) is 10.3. The Morgan fingerprint density at radius 1 is 1.03 bits per heavy atom. The average molecular weight is 558 g/mol. The summed E-state index contributed by atoms with van der Waals surface area (Å²) in [5.74, 6) is -0.233. The van der Waals surface area contributed by atoms with E-state index >= 15 is 0 Å². The van der Waals surface area contributed by atoms with E-state index in [1.165, 1.54) is 5.56 Å². The molecule has 1 fully saturated rings. The molecule has 0 unspecified atom stereocenters. The summed E-state index contributed by atoms with van der Waals surface area (Å²) in [6.07, 6.45) is 1.80. The number of aromatic nitrogens is 2. The zero-order valence-corrected chi connectivity index (χ0v) is 24.3. The van der Waals surface area contributed by atoms with E-state index in [0.29, 0.717) is 15.8 Å². The van der Waals surface area contributed by atoms with Gasteiger partial charge in [0.25, 0.3) is 0 Å². The molecule has 2 aromatic carbocycles. The average Bonchev–Trinajstić information content (AvgIpc) is 3.40.